The standard InChI is InChI=1S/C15H20BrClN2O/c1-2-18-10-11-5-7-19(8-6-11)15(20)13-9-12(17)3-4-14(13)16/h3-4,9,11,18H,2,5-8,10H2,1H3. The predicted molar refractivity (Wildman–Crippen MR) is 86.3 cm³/mol. The number of carbonyl (C=O) groups excluding carboxylic acids is 1. The highest BCUT2D eigenvalue weighted by atomic mass is 79.9. The number of benzene rings is 1. The van der Waals surface area contributed by atoms with Crippen LogP contribution >= 0.6 is 27.5 Å². The van der Waals surface area contributed by atoms with Gasteiger partial charge in [0.15, 0.2) is 0 Å². The van der Waals surface area contributed by atoms with Crippen LogP contribution in [0.25, 0.3) is 0 Å². The zero-order chi connectivity index (χ0) is 14.5. The fourth-order valence-electron chi connectivity index (χ4n) is 2.52. The molecule has 0 bridgehead atoms. The fourth-order valence-corrected chi connectivity index (χ4v) is 3.11. The number of nitrogens with zero attached hydrogens (tertiary/aromatic N) is 1. The zero-order valence-electron chi connectivity index (χ0n) is 11.7. The molecule has 1 fully saturated rings. The molecule has 3 nitrogen and oxygen atoms in total. The number of rotatable bonds is 4. The summed E-state index contributed by atoms with van der Waals surface area (Å²) in [4.78, 5) is 14.4. The smallest absolute Gasteiger partial charge is 0.255 e. The molecule has 1 N–H and O–H groups in total. The van der Waals surface area contributed by atoms with E-state index in [4.69, 9.17) is 11.6 Å². The van der Waals surface area contributed by atoms with Crippen molar-refractivity contribution in [2.45, 2.75) is 19.8 Å². The molecular formula is C15H20BrClN2O. The third-order valence-electron chi connectivity index (χ3n) is 3.74. The van der Waals surface area contributed by atoms with Gasteiger partial charge in [0.1, 0.15) is 0 Å². The van der Waals surface area contributed by atoms with Gasteiger partial charge in [-0.25, -0.2) is 0 Å². The molecule has 1 amide bonds. The van der Waals surface area contributed by atoms with Crippen LogP contribution in [0.1, 0.15) is 30.1 Å². The van der Waals surface area contributed by atoms with E-state index in [1.165, 1.54) is 0 Å². The Morgan fingerprint density at radius 3 is 2.80 bits per heavy atom. The second-order valence-electron chi connectivity index (χ2n) is 5.17. The monoisotopic (exact) mass is 358 g/mol. The van der Waals surface area contributed by atoms with Crippen LogP contribution in [0.3, 0.4) is 0 Å². The summed E-state index contributed by atoms with van der Waals surface area (Å²) in [6.45, 7) is 5.84. The van der Waals surface area contributed by atoms with Crippen LogP contribution in [-0.4, -0.2) is 37.0 Å². The molecule has 1 saturated heterocycles. The van der Waals surface area contributed by atoms with Crippen LogP contribution in [0.2, 0.25) is 5.02 Å². The van der Waals surface area contributed by atoms with Crippen molar-refractivity contribution in [3.63, 3.8) is 0 Å². The highest BCUT2D eigenvalue weighted by Gasteiger charge is 2.24. The van der Waals surface area contributed by atoms with Crippen LogP contribution in [0.4, 0.5) is 0 Å². The molecule has 0 atom stereocenters. The van der Waals surface area contributed by atoms with Gasteiger partial charge < -0.3 is 10.2 Å². The molecule has 0 unspecified atom stereocenters. The number of likely N-dealkylation sites (tertiary alicyclic amines) is 1. The largest absolute Gasteiger partial charge is 0.339 e. The van der Waals surface area contributed by atoms with E-state index in [0.29, 0.717) is 16.5 Å². The Bertz CT molecular complexity index is 473. The Labute approximate surface area is 133 Å². The molecule has 1 aromatic carbocycles. The first-order chi connectivity index (χ1) is 9.61. The summed E-state index contributed by atoms with van der Waals surface area (Å²) in [5.74, 6) is 0.753. The average Bonchev–Trinajstić information content (AvgIpc) is 2.47. The van der Waals surface area contributed by atoms with Gasteiger partial charge in [-0.1, -0.05) is 18.5 Å². The fraction of sp³-hybridized carbons (Fsp3) is 0.533. The molecule has 0 aromatic heterocycles. The Morgan fingerprint density at radius 1 is 1.45 bits per heavy atom. The first kappa shape index (κ1) is 15.8. The van der Waals surface area contributed by atoms with E-state index in [0.717, 1.165) is 43.5 Å². The minimum absolute atomic E-state index is 0.0706. The zero-order valence-corrected chi connectivity index (χ0v) is 14.0. The third-order valence-corrected chi connectivity index (χ3v) is 4.67. The van der Waals surface area contributed by atoms with Gasteiger partial charge in [0.05, 0.1) is 5.56 Å². The highest BCUT2D eigenvalue weighted by molar-refractivity contribution is 9.10. The lowest BCUT2D eigenvalue weighted by molar-refractivity contribution is 0.0689. The van der Waals surface area contributed by atoms with Crippen LogP contribution in [0.15, 0.2) is 22.7 Å². The lowest BCUT2D eigenvalue weighted by atomic mass is 9.96. The summed E-state index contributed by atoms with van der Waals surface area (Å²) in [5, 5.41) is 3.98. The van der Waals surface area contributed by atoms with Crippen molar-refractivity contribution >= 4 is 33.4 Å². The molecular weight excluding hydrogens is 340 g/mol. The Kier molecular flexibility index (Phi) is 5.87. The summed E-state index contributed by atoms with van der Waals surface area (Å²) >= 11 is 9.41. The summed E-state index contributed by atoms with van der Waals surface area (Å²) < 4.78 is 0.807. The number of hydrogen-bond acceptors (Lipinski definition) is 2. The highest BCUT2D eigenvalue weighted by Crippen LogP contribution is 2.25. The van der Waals surface area contributed by atoms with E-state index < -0.39 is 0 Å². The van der Waals surface area contributed by atoms with E-state index in [2.05, 4.69) is 28.2 Å². The molecule has 0 saturated carbocycles. The molecule has 5 heteroatoms. The van der Waals surface area contributed by atoms with Crippen LogP contribution in [0.5, 0.6) is 0 Å². The summed E-state index contributed by atoms with van der Waals surface area (Å²) in [6.07, 6.45) is 2.13. The van der Waals surface area contributed by atoms with Crippen molar-refractivity contribution < 1.29 is 4.79 Å². The lowest BCUT2D eigenvalue weighted by Crippen LogP contribution is -2.40. The molecule has 1 aliphatic rings. The summed E-state index contributed by atoms with van der Waals surface area (Å²) in [7, 11) is 0. The Morgan fingerprint density at radius 2 is 2.15 bits per heavy atom. The van der Waals surface area contributed by atoms with E-state index >= 15 is 0 Å². The molecule has 1 aliphatic heterocycles. The van der Waals surface area contributed by atoms with Crippen molar-refractivity contribution in [3.8, 4) is 0 Å². The second-order valence-corrected chi connectivity index (χ2v) is 6.46. The van der Waals surface area contributed by atoms with Gasteiger partial charge in [0, 0.05) is 22.6 Å². The van der Waals surface area contributed by atoms with Crippen molar-refractivity contribution in [2.75, 3.05) is 26.2 Å². The second kappa shape index (κ2) is 7.43. The number of piperidine rings is 1. The third kappa shape index (κ3) is 3.96. The maximum Gasteiger partial charge on any atom is 0.255 e. The van der Waals surface area contributed by atoms with Gasteiger partial charge in [-0.15, -0.1) is 0 Å². The molecule has 110 valence electrons. The Balaban J connectivity index is 1.96. The average molecular weight is 360 g/mol. The molecule has 20 heavy (non-hydrogen) atoms. The molecule has 1 heterocycles. The first-order valence-electron chi connectivity index (χ1n) is 7.07. The van der Waals surface area contributed by atoms with E-state index in [-0.39, 0.29) is 5.91 Å². The predicted octanol–water partition coefficient (Wildman–Crippen LogP) is 3.56. The SMILES string of the molecule is CCNCC1CCN(C(=O)c2cc(Cl)ccc2Br)CC1. The molecule has 2 rings (SSSR count). The Hall–Kier alpha value is -0.580. The number of amides is 1. The molecule has 0 aliphatic carbocycles. The van der Waals surface area contributed by atoms with Gasteiger partial charge in [-0.3, -0.25) is 4.79 Å². The minimum Gasteiger partial charge on any atom is -0.339 e. The van der Waals surface area contributed by atoms with Gasteiger partial charge in [0.25, 0.3) is 5.91 Å². The van der Waals surface area contributed by atoms with Gasteiger partial charge in [-0.05, 0) is 66.0 Å². The van der Waals surface area contributed by atoms with Gasteiger partial charge in [0.2, 0.25) is 0 Å². The number of halogens is 2. The topological polar surface area (TPSA) is 32.3 Å². The first-order valence-corrected chi connectivity index (χ1v) is 8.24. The summed E-state index contributed by atoms with van der Waals surface area (Å²) in [5.41, 5.74) is 0.655. The molecule has 0 spiro atoms. The van der Waals surface area contributed by atoms with Crippen LogP contribution in [-0.2, 0) is 0 Å². The van der Waals surface area contributed by atoms with Gasteiger partial charge in [-0.2, -0.15) is 0 Å². The quantitative estimate of drug-likeness (QED) is 0.891. The van der Waals surface area contributed by atoms with Crippen molar-refractivity contribution in [2.24, 2.45) is 5.92 Å². The van der Waals surface area contributed by atoms with Crippen LogP contribution < -0.4 is 5.32 Å². The number of nitrogens with one attached hydrogen (secondary N) is 1. The summed E-state index contributed by atoms with van der Waals surface area (Å²) in [6, 6.07) is 5.34. The maximum atomic E-state index is 12.5. The van der Waals surface area contributed by atoms with E-state index in [1.54, 1.807) is 12.1 Å². The van der Waals surface area contributed by atoms with Gasteiger partial charge >= 0.3 is 0 Å². The number of hydrogen-bond donors (Lipinski definition) is 1. The van der Waals surface area contributed by atoms with E-state index in [1.807, 2.05) is 11.0 Å². The maximum absolute atomic E-state index is 12.5. The normalized spacial score (nSPS) is 16.4. The van der Waals surface area contributed by atoms with Crippen molar-refractivity contribution in [3.05, 3.63) is 33.3 Å². The number of carbonyl (C=O) groups is 1. The molecule has 1 aromatic rings. The van der Waals surface area contributed by atoms with Crippen molar-refractivity contribution in [1.82, 2.24) is 10.2 Å². The van der Waals surface area contributed by atoms with E-state index in [9.17, 15) is 4.79 Å². The van der Waals surface area contributed by atoms with Crippen LogP contribution in [0, 0.1) is 5.92 Å². The minimum atomic E-state index is 0.0706. The molecule has 0 radical (unpaired) electrons. The van der Waals surface area contributed by atoms with Crippen molar-refractivity contribution in [1.29, 1.82) is 0 Å². The lowest BCUT2D eigenvalue weighted by Gasteiger charge is -2.32.